The highest BCUT2D eigenvalue weighted by atomic mass is 35.5. The van der Waals surface area contributed by atoms with Crippen LogP contribution >= 0.6 is 22.9 Å². The molecule has 4 aromatic rings. The quantitative estimate of drug-likeness (QED) is 0.248. The minimum atomic E-state index is -0.893. The smallest absolute Gasteiger partial charge is 0.375 e. The molecule has 0 spiro atoms. The third-order valence-corrected chi connectivity index (χ3v) is 7.62. The first kappa shape index (κ1) is 24.1. The Morgan fingerprint density at radius 3 is 2.47 bits per heavy atom. The highest BCUT2D eigenvalue weighted by molar-refractivity contribution is 7.15. The van der Waals surface area contributed by atoms with Crippen molar-refractivity contribution in [3.63, 3.8) is 0 Å². The maximum absolute atomic E-state index is 13.0. The Hall–Kier alpha value is -3.62. The molecule has 0 saturated heterocycles. The second kappa shape index (κ2) is 9.79. The number of esters is 1. The molecule has 182 valence electrons. The first-order chi connectivity index (χ1) is 17.3. The number of ether oxygens (including phenoxy) is 1. The summed E-state index contributed by atoms with van der Waals surface area (Å²) in [7, 11) is 0. The number of Topliss-reactive ketones (excluding diaryl/α,β-unsaturated/α-hetero) is 1. The van der Waals surface area contributed by atoms with Crippen LogP contribution < -0.4 is 0 Å². The average molecular weight is 519 g/mol. The Kier molecular flexibility index (Phi) is 6.55. The van der Waals surface area contributed by atoms with Crippen molar-refractivity contribution in [1.82, 2.24) is 14.8 Å². The summed E-state index contributed by atoms with van der Waals surface area (Å²) in [5.74, 6) is -0.358. The van der Waals surface area contributed by atoms with E-state index in [2.05, 4.69) is 24.0 Å². The first-order valence-corrected chi connectivity index (χ1v) is 12.6. The van der Waals surface area contributed by atoms with Gasteiger partial charge in [0.2, 0.25) is 5.78 Å². The van der Waals surface area contributed by atoms with Gasteiger partial charge in [-0.2, -0.15) is 0 Å². The lowest BCUT2D eigenvalue weighted by Crippen LogP contribution is -2.21. The van der Waals surface area contributed by atoms with Crippen LogP contribution in [0, 0.1) is 20.8 Å². The van der Waals surface area contributed by atoms with Crippen molar-refractivity contribution in [1.29, 1.82) is 0 Å². The molecule has 2 aromatic carbocycles. The van der Waals surface area contributed by atoms with E-state index in [4.69, 9.17) is 21.3 Å². The zero-order valence-corrected chi connectivity index (χ0v) is 21.6. The van der Waals surface area contributed by atoms with Crippen LogP contribution in [0.5, 0.6) is 0 Å². The van der Waals surface area contributed by atoms with Crippen molar-refractivity contribution in [3.8, 4) is 5.00 Å². The Balaban J connectivity index is 1.53. The van der Waals surface area contributed by atoms with Gasteiger partial charge >= 0.3 is 5.97 Å². The van der Waals surface area contributed by atoms with Crippen molar-refractivity contribution in [2.45, 2.75) is 39.8 Å². The van der Waals surface area contributed by atoms with E-state index >= 15 is 0 Å². The number of rotatable bonds is 6. The molecule has 0 fully saturated rings. The van der Waals surface area contributed by atoms with Gasteiger partial charge in [0.05, 0.1) is 5.71 Å². The fraction of sp³-hybridized carbons (Fsp3) is 0.222. The molecule has 0 saturated carbocycles. The molecule has 0 amide bonds. The number of aromatic nitrogens is 3. The molecule has 9 heteroatoms. The van der Waals surface area contributed by atoms with E-state index in [9.17, 15) is 9.59 Å². The number of fused-ring (bicyclic) bond motifs is 3. The number of hydrogen-bond donors (Lipinski definition) is 0. The largest absolute Gasteiger partial charge is 0.455 e. The van der Waals surface area contributed by atoms with Crippen molar-refractivity contribution >= 4 is 40.4 Å². The summed E-state index contributed by atoms with van der Waals surface area (Å²) >= 11 is 7.77. The molecule has 0 radical (unpaired) electrons. The predicted octanol–water partition coefficient (Wildman–Crippen LogP) is 5.50. The number of aryl methyl sites for hydroxylation is 2. The Morgan fingerprint density at radius 2 is 1.75 bits per heavy atom. The molecule has 0 N–H and O–H groups in total. The zero-order valence-electron chi connectivity index (χ0n) is 20.0. The molecular weight excluding hydrogens is 496 g/mol. The molecule has 1 aliphatic heterocycles. The molecule has 1 atom stereocenters. The standard InChI is InChI=1S/C27H23ClN4O3S/c1-15-16(2)36-26-23(15)24(19-9-11-20(28)12-10-19)29-21(25-31-30-17(3)32(25)26)13-22(33)27(34)35-14-18-7-5-4-6-8-18/h4-12,21H,13-14H2,1-3H3/t21-/m0/s1. The number of nitrogens with zero attached hydrogens (tertiary/aromatic N) is 4. The highest BCUT2D eigenvalue weighted by Gasteiger charge is 2.33. The van der Waals surface area contributed by atoms with Crippen LogP contribution in [0.25, 0.3) is 5.00 Å². The molecule has 36 heavy (non-hydrogen) atoms. The second-order valence-electron chi connectivity index (χ2n) is 8.59. The monoisotopic (exact) mass is 518 g/mol. The lowest BCUT2D eigenvalue weighted by Gasteiger charge is -2.12. The molecular formula is C27H23ClN4O3S. The first-order valence-electron chi connectivity index (χ1n) is 11.4. The third kappa shape index (κ3) is 4.50. The summed E-state index contributed by atoms with van der Waals surface area (Å²) in [6.45, 7) is 6.02. The van der Waals surface area contributed by atoms with Gasteiger partial charge in [0, 0.05) is 27.4 Å². The SMILES string of the molecule is Cc1sc2c(c1C)C(c1ccc(Cl)cc1)=N[C@@H](CC(=O)C(=O)OCc1ccccc1)c1nnc(C)n1-2. The lowest BCUT2D eigenvalue weighted by molar-refractivity contribution is -0.155. The summed E-state index contributed by atoms with van der Waals surface area (Å²) in [5.41, 5.74) is 4.45. The van der Waals surface area contributed by atoms with Crippen molar-refractivity contribution in [2.75, 3.05) is 0 Å². The van der Waals surface area contributed by atoms with Gasteiger partial charge in [-0.15, -0.1) is 21.5 Å². The predicted molar refractivity (Wildman–Crippen MR) is 139 cm³/mol. The maximum Gasteiger partial charge on any atom is 0.375 e. The van der Waals surface area contributed by atoms with Crippen LogP contribution in [-0.4, -0.2) is 32.2 Å². The molecule has 7 nitrogen and oxygen atoms in total. The minimum absolute atomic E-state index is 0.0282. The van der Waals surface area contributed by atoms with E-state index < -0.39 is 17.8 Å². The number of thiophene rings is 1. The molecule has 3 heterocycles. The molecule has 0 bridgehead atoms. The molecule has 1 aliphatic rings. The van der Waals surface area contributed by atoms with Gasteiger partial charge in [-0.05, 0) is 44.0 Å². The second-order valence-corrected chi connectivity index (χ2v) is 10.2. The molecule has 2 aromatic heterocycles. The lowest BCUT2D eigenvalue weighted by atomic mass is 9.99. The average Bonchev–Trinajstić information content (AvgIpc) is 3.35. The van der Waals surface area contributed by atoms with Crippen molar-refractivity contribution < 1.29 is 14.3 Å². The van der Waals surface area contributed by atoms with Gasteiger partial charge in [0.25, 0.3) is 0 Å². The summed E-state index contributed by atoms with van der Waals surface area (Å²) in [4.78, 5) is 31.7. The number of halogens is 1. The Morgan fingerprint density at radius 1 is 1.03 bits per heavy atom. The number of benzene rings is 2. The van der Waals surface area contributed by atoms with E-state index in [-0.39, 0.29) is 13.0 Å². The van der Waals surface area contributed by atoms with Crippen LogP contribution in [-0.2, 0) is 20.9 Å². The summed E-state index contributed by atoms with van der Waals surface area (Å²) in [5, 5.41) is 10.2. The van der Waals surface area contributed by atoms with Gasteiger partial charge < -0.3 is 4.74 Å². The summed E-state index contributed by atoms with van der Waals surface area (Å²) in [6, 6.07) is 16.0. The number of carbonyl (C=O) groups excluding carboxylic acids is 2. The van der Waals surface area contributed by atoms with Crippen LogP contribution in [0.2, 0.25) is 5.02 Å². The van der Waals surface area contributed by atoms with Crippen LogP contribution in [0.15, 0.2) is 59.6 Å². The van der Waals surface area contributed by atoms with E-state index in [1.54, 1.807) is 11.3 Å². The Labute approximate surface area is 217 Å². The topological polar surface area (TPSA) is 86.4 Å². The van der Waals surface area contributed by atoms with E-state index in [1.807, 2.05) is 66.1 Å². The Bertz CT molecular complexity index is 1490. The maximum atomic E-state index is 13.0. The number of carbonyl (C=O) groups is 2. The van der Waals surface area contributed by atoms with Gasteiger partial charge in [-0.1, -0.05) is 54.1 Å². The normalized spacial score (nSPS) is 14.4. The van der Waals surface area contributed by atoms with Crippen molar-refractivity contribution in [2.24, 2.45) is 4.99 Å². The van der Waals surface area contributed by atoms with Gasteiger partial charge in [-0.3, -0.25) is 14.4 Å². The van der Waals surface area contributed by atoms with Gasteiger partial charge in [0.1, 0.15) is 23.5 Å². The number of hydrogen-bond acceptors (Lipinski definition) is 7. The minimum Gasteiger partial charge on any atom is -0.455 e. The van der Waals surface area contributed by atoms with Crippen LogP contribution in [0.3, 0.4) is 0 Å². The number of aliphatic imine (C=N–C) groups is 1. The van der Waals surface area contributed by atoms with E-state index in [0.717, 1.165) is 37.8 Å². The van der Waals surface area contributed by atoms with Crippen LogP contribution in [0.4, 0.5) is 0 Å². The molecule has 0 unspecified atom stereocenters. The zero-order chi connectivity index (χ0) is 25.4. The van der Waals surface area contributed by atoms with Crippen molar-refractivity contribution in [3.05, 3.63) is 98.4 Å². The third-order valence-electron chi connectivity index (χ3n) is 6.18. The van der Waals surface area contributed by atoms with Gasteiger partial charge in [-0.25, -0.2) is 4.79 Å². The molecule has 0 aliphatic carbocycles. The number of ketones is 1. The fourth-order valence-corrected chi connectivity index (χ4v) is 5.53. The summed E-state index contributed by atoms with van der Waals surface area (Å²) in [6.07, 6.45) is -0.185. The van der Waals surface area contributed by atoms with E-state index in [0.29, 0.717) is 16.7 Å². The van der Waals surface area contributed by atoms with Crippen LogP contribution in [0.1, 0.15) is 51.2 Å². The summed E-state index contributed by atoms with van der Waals surface area (Å²) < 4.78 is 7.21. The fourth-order valence-electron chi connectivity index (χ4n) is 4.20. The van der Waals surface area contributed by atoms with Gasteiger partial charge in [0.15, 0.2) is 5.82 Å². The highest BCUT2D eigenvalue weighted by Crippen LogP contribution is 2.39. The van der Waals surface area contributed by atoms with E-state index in [1.165, 1.54) is 0 Å². The molecule has 5 rings (SSSR count).